The van der Waals surface area contributed by atoms with Crippen molar-refractivity contribution in [1.82, 2.24) is 10.1 Å². The van der Waals surface area contributed by atoms with Crippen molar-refractivity contribution < 1.29 is 18.8 Å². The molecule has 2 aromatic rings. The maximum Gasteiger partial charge on any atom is 0.307 e. The van der Waals surface area contributed by atoms with Crippen molar-refractivity contribution in [3.05, 3.63) is 46.3 Å². The molecule has 7 heteroatoms. The maximum absolute atomic E-state index is 13.6. The van der Waals surface area contributed by atoms with Crippen LogP contribution in [0, 0.1) is 11.7 Å². The molecule has 1 aliphatic rings. The normalized spacial score (nSPS) is 20.9. The molecule has 1 saturated carbocycles. The van der Waals surface area contributed by atoms with Crippen molar-refractivity contribution in [3.8, 4) is 0 Å². The van der Waals surface area contributed by atoms with Crippen LogP contribution in [-0.2, 0) is 11.2 Å². The summed E-state index contributed by atoms with van der Waals surface area (Å²) in [6, 6.07) is 4.41. The summed E-state index contributed by atoms with van der Waals surface area (Å²) in [4.78, 5) is 14.9. The molecule has 5 nitrogen and oxygen atoms in total. The number of carbonyl (C=O) groups is 1. The zero-order valence-corrected chi connectivity index (χ0v) is 11.0. The van der Waals surface area contributed by atoms with E-state index in [9.17, 15) is 9.18 Å². The van der Waals surface area contributed by atoms with Crippen LogP contribution in [0.2, 0.25) is 5.02 Å². The molecule has 0 spiro atoms. The third-order valence-electron chi connectivity index (χ3n) is 3.31. The lowest BCUT2D eigenvalue weighted by Gasteiger charge is -2.01. The van der Waals surface area contributed by atoms with Crippen molar-refractivity contribution in [2.24, 2.45) is 5.92 Å². The summed E-state index contributed by atoms with van der Waals surface area (Å²) in [5.74, 6) is -1.40. The summed E-state index contributed by atoms with van der Waals surface area (Å²) in [6.45, 7) is 0. The summed E-state index contributed by atoms with van der Waals surface area (Å²) in [6.07, 6.45) is 0.608. The Balaban J connectivity index is 1.77. The minimum Gasteiger partial charge on any atom is -0.481 e. The third-order valence-corrected chi connectivity index (χ3v) is 3.66. The van der Waals surface area contributed by atoms with Crippen molar-refractivity contribution in [3.63, 3.8) is 0 Å². The minimum absolute atomic E-state index is 0.111. The van der Waals surface area contributed by atoms with E-state index in [1.807, 2.05) is 0 Å². The maximum atomic E-state index is 13.6. The molecule has 2 unspecified atom stereocenters. The number of rotatable bonds is 4. The molecule has 1 aromatic heterocycles. The van der Waals surface area contributed by atoms with Gasteiger partial charge in [0, 0.05) is 17.0 Å². The van der Waals surface area contributed by atoms with Crippen LogP contribution in [0.15, 0.2) is 22.7 Å². The Labute approximate surface area is 118 Å². The molecule has 1 aromatic carbocycles. The molecule has 0 aliphatic heterocycles. The minimum atomic E-state index is -0.869. The Morgan fingerprint density at radius 3 is 3.00 bits per heavy atom. The van der Waals surface area contributed by atoms with Gasteiger partial charge in [0.2, 0.25) is 5.89 Å². The van der Waals surface area contributed by atoms with Gasteiger partial charge in [0.1, 0.15) is 5.82 Å². The first-order valence-corrected chi connectivity index (χ1v) is 6.42. The van der Waals surface area contributed by atoms with Crippen molar-refractivity contribution in [2.75, 3.05) is 0 Å². The van der Waals surface area contributed by atoms with Gasteiger partial charge in [-0.2, -0.15) is 4.98 Å². The topological polar surface area (TPSA) is 76.2 Å². The van der Waals surface area contributed by atoms with Crippen molar-refractivity contribution in [2.45, 2.75) is 18.8 Å². The van der Waals surface area contributed by atoms with E-state index in [2.05, 4.69) is 10.1 Å². The number of hydrogen-bond donors (Lipinski definition) is 1. The van der Waals surface area contributed by atoms with Gasteiger partial charge in [-0.1, -0.05) is 22.8 Å². The fourth-order valence-corrected chi connectivity index (χ4v) is 2.32. The Hall–Kier alpha value is -1.95. The predicted molar refractivity (Wildman–Crippen MR) is 67.0 cm³/mol. The van der Waals surface area contributed by atoms with E-state index >= 15 is 0 Å². The van der Waals surface area contributed by atoms with Crippen LogP contribution >= 0.6 is 11.6 Å². The second-order valence-corrected chi connectivity index (χ2v) is 5.12. The fraction of sp³-hybridized carbons (Fsp3) is 0.308. The summed E-state index contributed by atoms with van der Waals surface area (Å²) in [5.41, 5.74) is 0.298. The van der Waals surface area contributed by atoms with Gasteiger partial charge in [0.05, 0.1) is 11.8 Å². The van der Waals surface area contributed by atoms with E-state index in [4.69, 9.17) is 21.2 Å². The smallest absolute Gasteiger partial charge is 0.307 e. The standard InChI is InChI=1S/C13H10ClFN2O3/c14-9-2-1-3-10(15)8(9)5-11-16-12(20-17-11)6-4-7(6)13(18)19/h1-3,6-7H,4-5H2,(H,18,19). The Morgan fingerprint density at radius 1 is 1.55 bits per heavy atom. The molecule has 20 heavy (non-hydrogen) atoms. The molecule has 104 valence electrons. The monoisotopic (exact) mass is 296 g/mol. The summed E-state index contributed by atoms with van der Waals surface area (Å²) < 4.78 is 18.7. The third kappa shape index (κ3) is 2.38. The predicted octanol–water partition coefficient (Wildman–Crippen LogP) is 2.64. The SMILES string of the molecule is O=C(O)C1CC1c1nc(Cc2c(F)cccc2Cl)no1. The highest BCUT2D eigenvalue weighted by Crippen LogP contribution is 2.46. The number of halogens is 2. The van der Waals surface area contributed by atoms with E-state index in [0.717, 1.165) is 0 Å². The van der Waals surface area contributed by atoms with Crippen LogP contribution in [0.3, 0.4) is 0 Å². The lowest BCUT2D eigenvalue weighted by Crippen LogP contribution is -1.99. The van der Waals surface area contributed by atoms with Crippen LogP contribution in [0.1, 0.15) is 29.6 Å². The van der Waals surface area contributed by atoms with Gasteiger partial charge >= 0.3 is 5.97 Å². The van der Waals surface area contributed by atoms with Crippen molar-refractivity contribution >= 4 is 17.6 Å². The largest absolute Gasteiger partial charge is 0.481 e. The number of aliphatic carboxylic acids is 1. The number of nitrogens with zero attached hydrogens (tertiary/aromatic N) is 2. The molecule has 0 bridgehead atoms. The first kappa shape index (κ1) is 13.1. The van der Waals surface area contributed by atoms with Gasteiger partial charge in [0.15, 0.2) is 5.82 Å². The van der Waals surface area contributed by atoms with Gasteiger partial charge in [-0.25, -0.2) is 4.39 Å². The molecule has 0 radical (unpaired) electrons. The highest BCUT2D eigenvalue weighted by atomic mass is 35.5. The lowest BCUT2D eigenvalue weighted by molar-refractivity contribution is -0.138. The van der Waals surface area contributed by atoms with Gasteiger partial charge in [0.25, 0.3) is 0 Å². The summed E-state index contributed by atoms with van der Waals surface area (Å²) in [5, 5.41) is 12.9. The lowest BCUT2D eigenvalue weighted by atomic mass is 10.1. The summed E-state index contributed by atoms with van der Waals surface area (Å²) in [7, 11) is 0. The molecule has 1 N–H and O–H groups in total. The van der Waals surface area contributed by atoms with E-state index in [0.29, 0.717) is 28.7 Å². The van der Waals surface area contributed by atoms with Gasteiger partial charge in [-0.05, 0) is 18.6 Å². The number of aromatic nitrogens is 2. The number of hydrogen-bond acceptors (Lipinski definition) is 4. The van der Waals surface area contributed by atoms with Crippen LogP contribution in [-0.4, -0.2) is 21.2 Å². The number of carboxylic acid groups (broad SMARTS) is 1. The van der Waals surface area contributed by atoms with Crippen LogP contribution < -0.4 is 0 Å². The molecular formula is C13H10ClFN2O3. The second-order valence-electron chi connectivity index (χ2n) is 4.71. The van der Waals surface area contributed by atoms with Gasteiger partial charge < -0.3 is 9.63 Å². The molecular weight excluding hydrogens is 287 g/mol. The van der Waals surface area contributed by atoms with Crippen LogP contribution in [0.25, 0.3) is 0 Å². The van der Waals surface area contributed by atoms with Crippen molar-refractivity contribution in [1.29, 1.82) is 0 Å². The van der Waals surface area contributed by atoms with Crippen LogP contribution in [0.4, 0.5) is 4.39 Å². The highest BCUT2D eigenvalue weighted by molar-refractivity contribution is 6.31. The van der Waals surface area contributed by atoms with E-state index in [1.165, 1.54) is 12.1 Å². The van der Waals surface area contributed by atoms with E-state index in [-0.39, 0.29) is 12.3 Å². The Morgan fingerprint density at radius 2 is 2.35 bits per heavy atom. The van der Waals surface area contributed by atoms with Gasteiger partial charge in [-0.3, -0.25) is 4.79 Å². The molecule has 1 fully saturated rings. The summed E-state index contributed by atoms with van der Waals surface area (Å²) >= 11 is 5.92. The highest BCUT2D eigenvalue weighted by Gasteiger charge is 2.48. The first-order valence-electron chi connectivity index (χ1n) is 6.04. The van der Waals surface area contributed by atoms with E-state index < -0.39 is 17.7 Å². The molecule has 0 saturated heterocycles. The molecule has 2 atom stereocenters. The average Bonchev–Trinajstić information content (AvgIpc) is 3.07. The Kier molecular flexibility index (Phi) is 3.17. The fourth-order valence-electron chi connectivity index (χ4n) is 2.09. The molecule has 3 rings (SSSR count). The second kappa shape index (κ2) is 4.86. The number of carboxylic acids is 1. The molecule has 0 amide bonds. The zero-order chi connectivity index (χ0) is 14.3. The average molecular weight is 297 g/mol. The zero-order valence-electron chi connectivity index (χ0n) is 10.2. The Bertz CT molecular complexity index is 653. The van der Waals surface area contributed by atoms with Gasteiger partial charge in [-0.15, -0.1) is 0 Å². The number of benzene rings is 1. The van der Waals surface area contributed by atoms with Crippen LogP contribution in [0.5, 0.6) is 0 Å². The quantitative estimate of drug-likeness (QED) is 0.938. The first-order chi connectivity index (χ1) is 9.56. The molecule has 1 heterocycles. The molecule has 1 aliphatic carbocycles. The van der Waals surface area contributed by atoms with E-state index in [1.54, 1.807) is 6.07 Å².